The van der Waals surface area contributed by atoms with Crippen molar-refractivity contribution in [2.24, 2.45) is 0 Å². The minimum absolute atomic E-state index is 0.520. The summed E-state index contributed by atoms with van der Waals surface area (Å²) in [7, 11) is 1.79. The molecule has 0 amide bonds. The maximum absolute atomic E-state index is 5.58. The summed E-state index contributed by atoms with van der Waals surface area (Å²) in [5, 5.41) is 3.66. The predicted molar refractivity (Wildman–Crippen MR) is 69.6 cm³/mol. The van der Waals surface area contributed by atoms with Gasteiger partial charge in [0.25, 0.3) is 0 Å². The van der Waals surface area contributed by atoms with Crippen LogP contribution in [0.1, 0.15) is 48.4 Å². The molecule has 1 aromatic carbocycles. The first-order chi connectivity index (χ1) is 8.40. The smallest absolute Gasteiger partial charge is 0.123 e. The van der Waals surface area contributed by atoms with E-state index in [9.17, 15) is 0 Å². The highest BCUT2D eigenvalue weighted by atomic mass is 16.5. The molecule has 1 fully saturated rings. The maximum Gasteiger partial charge on any atom is 0.123 e. The zero-order valence-corrected chi connectivity index (χ0v) is 10.6. The fourth-order valence-corrected chi connectivity index (χ4v) is 3.33. The van der Waals surface area contributed by atoms with Crippen molar-refractivity contribution in [3.05, 3.63) is 28.8 Å². The lowest BCUT2D eigenvalue weighted by Crippen LogP contribution is -2.28. The first-order valence-corrected chi connectivity index (χ1v) is 6.82. The van der Waals surface area contributed by atoms with Gasteiger partial charge in [-0.05, 0) is 55.8 Å². The average Bonchev–Trinajstić information content (AvgIpc) is 2.86. The molecule has 0 spiro atoms. The van der Waals surface area contributed by atoms with Crippen LogP contribution in [0.3, 0.4) is 0 Å². The molecule has 0 aromatic heterocycles. The average molecular weight is 231 g/mol. The molecule has 0 radical (unpaired) electrons. The van der Waals surface area contributed by atoms with Crippen molar-refractivity contribution in [3.8, 4) is 5.75 Å². The van der Waals surface area contributed by atoms with E-state index >= 15 is 0 Å². The number of methoxy groups -OCH3 is 1. The molecule has 1 N–H and O–H groups in total. The molecule has 2 heteroatoms. The van der Waals surface area contributed by atoms with Crippen LogP contribution < -0.4 is 10.1 Å². The standard InChI is InChI=1S/C15H21NO/c1-17-14-9-8-11-5-4-6-12(11)15(14)13-7-2-3-10-16-13/h8-9,13,16H,2-7,10H2,1H3. The predicted octanol–water partition coefficient (Wildman–Crippen LogP) is 3.00. The lowest BCUT2D eigenvalue weighted by Gasteiger charge is -2.27. The largest absolute Gasteiger partial charge is 0.496 e. The van der Waals surface area contributed by atoms with Gasteiger partial charge >= 0.3 is 0 Å². The molecule has 2 nitrogen and oxygen atoms in total. The van der Waals surface area contributed by atoms with Crippen molar-refractivity contribution in [2.45, 2.75) is 44.6 Å². The van der Waals surface area contributed by atoms with E-state index in [-0.39, 0.29) is 0 Å². The van der Waals surface area contributed by atoms with E-state index in [1.165, 1.54) is 44.1 Å². The van der Waals surface area contributed by atoms with Crippen LogP contribution >= 0.6 is 0 Å². The van der Waals surface area contributed by atoms with E-state index < -0.39 is 0 Å². The van der Waals surface area contributed by atoms with Crippen molar-refractivity contribution in [1.82, 2.24) is 5.32 Å². The molecule has 1 aliphatic carbocycles. The summed E-state index contributed by atoms with van der Waals surface area (Å²) in [4.78, 5) is 0. The number of fused-ring (bicyclic) bond motifs is 1. The van der Waals surface area contributed by atoms with E-state index in [2.05, 4.69) is 17.4 Å². The third-order valence-corrected chi connectivity index (χ3v) is 4.17. The molecule has 92 valence electrons. The van der Waals surface area contributed by atoms with Gasteiger partial charge in [0.2, 0.25) is 0 Å². The van der Waals surface area contributed by atoms with Crippen LogP contribution in [0.15, 0.2) is 12.1 Å². The summed E-state index contributed by atoms with van der Waals surface area (Å²) in [5.74, 6) is 1.09. The van der Waals surface area contributed by atoms with Gasteiger partial charge in [-0.15, -0.1) is 0 Å². The molecule has 1 unspecified atom stereocenters. The second-order valence-electron chi connectivity index (χ2n) is 5.18. The zero-order valence-electron chi connectivity index (χ0n) is 10.6. The van der Waals surface area contributed by atoms with E-state index in [4.69, 9.17) is 4.74 Å². The first kappa shape index (κ1) is 11.1. The van der Waals surface area contributed by atoms with Crippen LogP contribution in [-0.2, 0) is 12.8 Å². The van der Waals surface area contributed by atoms with Crippen LogP contribution in [0.5, 0.6) is 5.75 Å². The van der Waals surface area contributed by atoms with Crippen molar-refractivity contribution < 1.29 is 4.74 Å². The zero-order chi connectivity index (χ0) is 11.7. The lowest BCUT2D eigenvalue weighted by molar-refractivity contribution is 0.372. The van der Waals surface area contributed by atoms with Crippen LogP contribution in [0, 0.1) is 0 Å². The van der Waals surface area contributed by atoms with Crippen LogP contribution in [0.2, 0.25) is 0 Å². The normalized spacial score (nSPS) is 23.5. The van der Waals surface area contributed by atoms with Crippen LogP contribution in [0.25, 0.3) is 0 Å². The summed E-state index contributed by atoms with van der Waals surface area (Å²) in [6.07, 6.45) is 7.70. The molecule has 1 aliphatic heterocycles. The molecule has 1 aromatic rings. The van der Waals surface area contributed by atoms with Gasteiger partial charge in [-0.3, -0.25) is 0 Å². The van der Waals surface area contributed by atoms with Gasteiger partial charge in [0, 0.05) is 11.6 Å². The van der Waals surface area contributed by atoms with E-state index in [1.54, 1.807) is 18.2 Å². The Hall–Kier alpha value is -1.02. The molecule has 3 rings (SSSR count). The third kappa shape index (κ3) is 1.95. The summed E-state index contributed by atoms with van der Waals surface area (Å²) in [5.41, 5.74) is 4.58. The van der Waals surface area contributed by atoms with Crippen molar-refractivity contribution in [3.63, 3.8) is 0 Å². The summed E-state index contributed by atoms with van der Waals surface area (Å²) < 4.78 is 5.58. The molecule has 0 bridgehead atoms. The molecular formula is C15H21NO. The number of rotatable bonds is 2. The van der Waals surface area contributed by atoms with Crippen molar-refractivity contribution >= 4 is 0 Å². The minimum atomic E-state index is 0.520. The monoisotopic (exact) mass is 231 g/mol. The van der Waals surface area contributed by atoms with Crippen molar-refractivity contribution in [2.75, 3.05) is 13.7 Å². The Labute approximate surface area is 103 Å². The SMILES string of the molecule is COc1ccc2c(c1C1CCCCN1)CCC2. The molecule has 0 saturated carbocycles. The number of aryl methyl sites for hydroxylation is 1. The van der Waals surface area contributed by atoms with Gasteiger partial charge in [0.1, 0.15) is 5.75 Å². The van der Waals surface area contributed by atoms with Gasteiger partial charge in [0.05, 0.1) is 7.11 Å². The topological polar surface area (TPSA) is 21.3 Å². The fourth-order valence-electron chi connectivity index (χ4n) is 3.33. The van der Waals surface area contributed by atoms with Crippen LogP contribution in [0.4, 0.5) is 0 Å². The highest BCUT2D eigenvalue weighted by Crippen LogP contribution is 2.38. The number of piperidine rings is 1. The molecule has 1 atom stereocenters. The summed E-state index contributed by atoms with van der Waals surface area (Å²) in [6, 6.07) is 4.94. The molecule has 1 saturated heterocycles. The fraction of sp³-hybridized carbons (Fsp3) is 0.600. The highest BCUT2D eigenvalue weighted by Gasteiger charge is 2.25. The third-order valence-electron chi connectivity index (χ3n) is 4.17. The number of benzene rings is 1. The Morgan fingerprint density at radius 2 is 2.12 bits per heavy atom. The van der Waals surface area contributed by atoms with Gasteiger partial charge in [-0.25, -0.2) is 0 Å². The Morgan fingerprint density at radius 1 is 1.18 bits per heavy atom. The van der Waals surface area contributed by atoms with Crippen molar-refractivity contribution in [1.29, 1.82) is 0 Å². The Morgan fingerprint density at radius 3 is 2.88 bits per heavy atom. The van der Waals surface area contributed by atoms with Crippen LogP contribution in [-0.4, -0.2) is 13.7 Å². The quantitative estimate of drug-likeness (QED) is 0.845. The molecule has 17 heavy (non-hydrogen) atoms. The van der Waals surface area contributed by atoms with Gasteiger partial charge in [-0.1, -0.05) is 12.5 Å². The summed E-state index contributed by atoms with van der Waals surface area (Å²) >= 11 is 0. The van der Waals surface area contributed by atoms with E-state index in [0.29, 0.717) is 6.04 Å². The molecular weight excluding hydrogens is 210 g/mol. The Balaban J connectivity index is 2.02. The Kier molecular flexibility index (Phi) is 3.06. The van der Waals surface area contributed by atoms with Gasteiger partial charge < -0.3 is 10.1 Å². The minimum Gasteiger partial charge on any atom is -0.496 e. The Bertz CT molecular complexity index is 408. The lowest BCUT2D eigenvalue weighted by atomic mass is 9.91. The van der Waals surface area contributed by atoms with E-state index in [1.807, 2.05) is 0 Å². The molecule has 2 aliphatic rings. The number of nitrogens with one attached hydrogen (secondary N) is 1. The highest BCUT2D eigenvalue weighted by molar-refractivity contribution is 5.49. The van der Waals surface area contributed by atoms with Gasteiger partial charge in [0.15, 0.2) is 0 Å². The number of hydrogen-bond donors (Lipinski definition) is 1. The number of ether oxygens (including phenoxy) is 1. The first-order valence-electron chi connectivity index (χ1n) is 6.82. The van der Waals surface area contributed by atoms with Gasteiger partial charge in [-0.2, -0.15) is 0 Å². The summed E-state index contributed by atoms with van der Waals surface area (Å²) in [6.45, 7) is 1.15. The number of hydrogen-bond acceptors (Lipinski definition) is 2. The second-order valence-corrected chi connectivity index (χ2v) is 5.18. The molecule has 1 heterocycles. The van der Waals surface area contributed by atoms with E-state index in [0.717, 1.165) is 12.3 Å². The second kappa shape index (κ2) is 4.69. The maximum atomic E-state index is 5.58.